The van der Waals surface area contributed by atoms with Gasteiger partial charge in [0.05, 0.1) is 0 Å². The van der Waals surface area contributed by atoms with Gasteiger partial charge < -0.3 is 14.7 Å². The van der Waals surface area contributed by atoms with Crippen molar-refractivity contribution < 1.29 is 5.02 Å². The first-order chi connectivity index (χ1) is 6.52. The molecule has 7 heteroatoms. The summed E-state index contributed by atoms with van der Waals surface area (Å²) >= 11 is 5.41. The van der Waals surface area contributed by atoms with Crippen LogP contribution < -0.4 is 0 Å². The van der Waals surface area contributed by atoms with Crippen LogP contribution in [0.25, 0.3) is 0 Å². The molecule has 14 heavy (non-hydrogen) atoms. The topological polar surface area (TPSA) is 74.4 Å². The van der Waals surface area contributed by atoms with Crippen molar-refractivity contribution in [2.45, 2.75) is 6.82 Å². The third kappa shape index (κ3) is 2.70. The SMILES string of the molecule is CB(O)N1CCN(C(=N)C(=N)Cl)CC1. The molecule has 1 aliphatic heterocycles. The molecule has 78 valence electrons. The van der Waals surface area contributed by atoms with Crippen molar-refractivity contribution in [2.24, 2.45) is 0 Å². The van der Waals surface area contributed by atoms with Gasteiger partial charge >= 0.3 is 7.05 Å². The van der Waals surface area contributed by atoms with Crippen LogP contribution >= 0.6 is 11.6 Å². The monoisotopic (exact) mass is 216 g/mol. The molecule has 1 fully saturated rings. The van der Waals surface area contributed by atoms with E-state index in [-0.39, 0.29) is 11.0 Å². The van der Waals surface area contributed by atoms with E-state index in [1.54, 1.807) is 11.7 Å². The average Bonchev–Trinajstić information content (AvgIpc) is 2.16. The number of nitrogens with zero attached hydrogens (tertiary/aromatic N) is 2. The Hall–Kier alpha value is -0.585. The first kappa shape index (κ1) is 11.5. The van der Waals surface area contributed by atoms with E-state index < -0.39 is 7.05 Å². The lowest BCUT2D eigenvalue weighted by atomic mass is 9.84. The molecule has 0 aromatic heterocycles. The number of hydrogen-bond acceptors (Lipinski definition) is 4. The van der Waals surface area contributed by atoms with Crippen molar-refractivity contribution in [3.63, 3.8) is 0 Å². The molecule has 0 spiro atoms. The van der Waals surface area contributed by atoms with Gasteiger partial charge in [0, 0.05) is 26.2 Å². The normalized spacial score (nSPS) is 18.1. The summed E-state index contributed by atoms with van der Waals surface area (Å²) in [4.78, 5) is 3.66. The second-order valence-corrected chi connectivity index (χ2v) is 3.70. The molecular weight excluding hydrogens is 202 g/mol. The Kier molecular flexibility index (Phi) is 3.91. The lowest BCUT2D eigenvalue weighted by Gasteiger charge is -2.36. The third-order valence-electron chi connectivity index (χ3n) is 2.37. The van der Waals surface area contributed by atoms with Crippen molar-refractivity contribution in [1.82, 2.24) is 9.71 Å². The minimum atomic E-state index is -0.443. The zero-order valence-corrected chi connectivity index (χ0v) is 8.88. The van der Waals surface area contributed by atoms with Crippen LogP contribution in [0.15, 0.2) is 0 Å². The zero-order chi connectivity index (χ0) is 10.7. The minimum Gasteiger partial charge on any atom is -0.437 e. The Morgan fingerprint density at radius 3 is 2.14 bits per heavy atom. The molecule has 1 heterocycles. The zero-order valence-electron chi connectivity index (χ0n) is 8.13. The maximum Gasteiger partial charge on any atom is 0.376 e. The van der Waals surface area contributed by atoms with Crippen molar-refractivity contribution in [3.05, 3.63) is 0 Å². The highest BCUT2D eigenvalue weighted by molar-refractivity contribution is 6.82. The second-order valence-electron chi connectivity index (χ2n) is 3.32. The van der Waals surface area contributed by atoms with Crippen LogP contribution in [0, 0.1) is 10.8 Å². The van der Waals surface area contributed by atoms with Gasteiger partial charge in [-0.2, -0.15) is 0 Å². The summed E-state index contributed by atoms with van der Waals surface area (Å²) in [6.45, 7) is 4.40. The van der Waals surface area contributed by atoms with E-state index in [9.17, 15) is 5.02 Å². The molecule has 0 amide bonds. The fourth-order valence-corrected chi connectivity index (χ4v) is 1.58. The lowest BCUT2D eigenvalue weighted by molar-refractivity contribution is 0.246. The standard InChI is InChI=1S/C7H14BClN4O/c1-8(14)13-4-2-12(3-5-13)7(11)6(9)10/h10-11,14H,2-5H2,1H3. The first-order valence-electron chi connectivity index (χ1n) is 4.52. The molecule has 5 nitrogen and oxygen atoms in total. The quantitative estimate of drug-likeness (QED) is 0.343. The Balaban J connectivity index is 2.43. The fraction of sp³-hybridized carbons (Fsp3) is 0.714. The van der Waals surface area contributed by atoms with Gasteiger partial charge in [-0.1, -0.05) is 11.6 Å². The van der Waals surface area contributed by atoms with Crippen LogP contribution in [-0.4, -0.2) is 59.0 Å². The third-order valence-corrected chi connectivity index (χ3v) is 2.55. The smallest absolute Gasteiger partial charge is 0.376 e. The molecule has 1 saturated heterocycles. The van der Waals surface area contributed by atoms with E-state index >= 15 is 0 Å². The summed E-state index contributed by atoms with van der Waals surface area (Å²) in [5.74, 6) is 0.0666. The number of halogens is 1. The van der Waals surface area contributed by atoms with Crippen molar-refractivity contribution in [2.75, 3.05) is 26.2 Å². The summed E-state index contributed by atoms with van der Waals surface area (Å²) in [6.07, 6.45) is 0. The van der Waals surface area contributed by atoms with Gasteiger partial charge in [-0.15, -0.1) is 0 Å². The van der Waals surface area contributed by atoms with E-state index in [0.717, 1.165) is 0 Å². The Morgan fingerprint density at radius 2 is 1.79 bits per heavy atom. The van der Waals surface area contributed by atoms with Crippen LogP contribution in [0.3, 0.4) is 0 Å². The number of rotatable bonds is 2. The average molecular weight is 216 g/mol. The summed E-state index contributed by atoms with van der Waals surface area (Å²) in [5.41, 5.74) is 0. The Morgan fingerprint density at radius 1 is 1.29 bits per heavy atom. The molecule has 0 saturated carbocycles. The van der Waals surface area contributed by atoms with Gasteiger partial charge in [0.15, 0.2) is 11.0 Å². The highest BCUT2D eigenvalue weighted by atomic mass is 35.5. The Bertz CT molecular complexity index is 240. The highest BCUT2D eigenvalue weighted by Crippen LogP contribution is 2.04. The second kappa shape index (κ2) is 4.77. The molecule has 1 rings (SSSR count). The lowest BCUT2D eigenvalue weighted by Crippen LogP contribution is -2.53. The Labute approximate surface area is 88.8 Å². The summed E-state index contributed by atoms with van der Waals surface area (Å²) in [5, 5.41) is 23.7. The van der Waals surface area contributed by atoms with Crippen molar-refractivity contribution >= 4 is 29.7 Å². The maximum atomic E-state index is 9.30. The molecule has 3 N–H and O–H groups in total. The van der Waals surface area contributed by atoms with E-state index in [1.165, 1.54) is 0 Å². The van der Waals surface area contributed by atoms with Crippen molar-refractivity contribution in [1.29, 1.82) is 10.8 Å². The van der Waals surface area contributed by atoms with Crippen LogP contribution in [0.5, 0.6) is 0 Å². The van der Waals surface area contributed by atoms with E-state index in [1.807, 2.05) is 4.81 Å². The number of nitrogens with one attached hydrogen (secondary N) is 2. The summed E-state index contributed by atoms with van der Waals surface area (Å²) in [7, 11) is -0.443. The highest BCUT2D eigenvalue weighted by Gasteiger charge is 2.24. The number of piperazine rings is 1. The molecule has 0 aromatic carbocycles. The van der Waals surface area contributed by atoms with E-state index in [0.29, 0.717) is 26.2 Å². The molecule has 0 radical (unpaired) electrons. The predicted molar refractivity (Wildman–Crippen MR) is 58.3 cm³/mol. The molecule has 0 aliphatic carbocycles. The fourth-order valence-electron chi connectivity index (χ4n) is 1.46. The van der Waals surface area contributed by atoms with Crippen LogP contribution in [0.4, 0.5) is 0 Å². The molecule has 1 aliphatic rings. The first-order valence-corrected chi connectivity index (χ1v) is 4.90. The van der Waals surface area contributed by atoms with Gasteiger partial charge in [-0.05, 0) is 6.82 Å². The summed E-state index contributed by atoms with van der Waals surface area (Å²) < 4.78 is 0. The van der Waals surface area contributed by atoms with Crippen molar-refractivity contribution in [3.8, 4) is 0 Å². The largest absolute Gasteiger partial charge is 0.437 e. The molecule has 0 atom stereocenters. The number of amidine groups is 1. The van der Waals surface area contributed by atoms with E-state index in [4.69, 9.17) is 22.4 Å². The van der Waals surface area contributed by atoms with Gasteiger partial charge in [0.25, 0.3) is 0 Å². The number of hydrogen-bond donors (Lipinski definition) is 3. The van der Waals surface area contributed by atoms with Gasteiger partial charge in [0.1, 0.15) is 0 Å². The maximum absolute atomic E-state index is 9.30. The summed E-state index contributed by atoms with van der Waals surface area (Å²) in [6, 6.07) is 0. The molecule has 0 unspecified atom stereocenters. The molecule has 0 bridgehead atoms. The van der Waals surface area contributed by atoms with Crippen LogP contribution in [0.2, 0.25) is 6.82 Å². The molecule has 0 aromatic rings. The minimum absolute atomic E-state index is 0.0666. The van der Waals surface area contributed by atoms with Gasteiger partial charge in [0.2, 0.25) is 0 Å². The molecular formula is C7H14BClN4O. The van der Waals surface area contributed by atoms with Crippen LogP contribution in [-0.2, 0) is 0 Å². The van der Waals surface area contributed by atoms with Crippen LogP contribution in [0.1, 0.15) is 0 Å². The van der Waals surface area contributed by atoms with Gasteiger partial charge in [-0.3, -0.25) is 10.8 Å². The predicted octanol–water partition coefficient (Wildman–Crippen LogP) is -0.0924. The van der Waals surface area contributed by atoms with E-state index in [2.05, 4.69) is 0 Å². The van der Waals surface area contributed by atoms with Gasteiger partial charge in [-0.25, -0.2) is 0 Å².